The van der Waals surface area contributed by atoms with Gasteiger partial charge in [0.15, 0.2) is 0 Å². The van der Waals surface area contributed by atoms with Gasteiger partial charge >= 0.3 is 0 Å². The molecule has 0 atom stereocenters. The second-order valence-electron chi connectivity index (χ2n) is 4.14. The zero-order chi connectivity index (χ0) is 15.4. The molecule has 1 aliphatic heterocycles. The largest absolute Gasteiger partial charge is 0.349 e. The third kappa shape index (κ3) is 42.9. The Morgan fingerprint density at radius 1 is 0.850 bits per heavy atom. The standard InChI is InChI=1S/C5H4BrN.3C4H10.Sn/c6-5-3-1-2-4-7-5;3*1-3-4-2;/h1,3-4,7H;3*3-4H2,1-2H3;. The van der Waals surface area contributed by atoms with Crippen molar-refractivity contribution >= 4 is 39.8 Å². The molecule has 20 heavy (non-hydrogen) atoms. The number of allylic oxidation sites excluding steroid dienone is 2. The molecule has 0 saturated heterocycles. The van der Waals surface area contributed by atoms with Crippen LogP contribution >= 0.6 is 15.9 Å². The van der Waals surface area contributed by atoms with Crippen molar-refractivity contribution in [2.24, 2.45) is 0 Å². The molecule has 0 fully saturated rings. The fourth-order valence-corrected chi connectivity index (χ4v) is 0.575. The van der Waals surface area contributed by atoms with Crippen LogP contribution in [0.4, 0.5) is 0 Å². The van der Waals surface area contributed by atoms with Gasteiger partial charge in [-0.05, 0) is 28.1 Å². The van der Waals surface area contributed by atoms with Gasteiger partial charge in [-0.1, -0.05) is 80.1 Å². The first-order chi connectivity index (χ1) is 9.14. The molecule has 1 N–H and O–H groups in total. The minimum atomic E-state index is 0. The van der Waals surface area contributed by atoms with E-state index in [1.54, 1.807) is 6.20 Å². The molecule has 0 aromatic rings. The molecule has 1 heterocycles. The summed E-state index contributed by atoms with van der Waals surface area (Å²) in [6.45, 7) is 13.1. The van der Waals surface area contributed by atoms with Crippen molar-refractivity contribution in [2.75, 3.05) is 0 Å². The molecule has 0 spiro atoms. The van der Waals surface area contributed by atoms with Gasteiger partial charge in [-0.25, -0.2) is 0 Å². The van der Waals surface area contributed by atoms with Crippen LogP contribution in [0, 0.1) is 0 Å². The molecule has 4 radical (unpaired) electrons. The van der Waals surface area contributed by atoms with Crippen LogP contribution < -0.4 is 5.32 Å². The van der Waals surface area contributed by atoms with E-state index in [-0.39, 0.29) is 23.9 Å². The third-order valence-corrected chi connectivity index (χ3v) is 2.61. The van der Waals surface area contributed by atoms with Crippen molar-refractivity contribution in [1.29, 1.82) is 0 Å². The Balaban J connectivity index is -0.0000000881. The zero-order valence-corrected chi connectivity index (χ0v) is 18.8. The summed E-state index contributed by atoms with van der Waals surface area (Å²) in [5.74, 6) is 0. The van der Waals surface area contributed by atoms with Gasteiger partial charge < -0.3 is 5.32 Å². The molecule has 0 aromatic carbocycles. The molecule has 0 saturated carbocycles. The maximum absolute atomic E-state index is 3.24. The van der Waals surface area contributed by atoms with Crippen molar-refractivity contribution in [3.05, 3.63) is 28.7 Å². The van der Waals surface area contributed by atoms with Gasteiger partial charge in [0.1, 0.15) is 0 Å². The monoisotopic (exact) mass is 451 g/mol. The predicted molar refractivity (Wildman–Crippen MR) is 100 cm³/mol. The normalized spacial score (nSPS) is 10.1. The fourth-order valence-electron chi connectivity index (χ4n) is 0.328. The molecule has 0 bridgehead atoms. The maximum Gasteiger partial charge on any atom is 0.0830 e. The predicted octanol–water partition coefficient (Wildman–Crippen LogP) is 6.53. The van der Waals surface area contributed by atoms with E-state index in [1.165, 1.54) is 38.5 Å². The second kappa shape index (κ2) is 31.6. The number of hydrogen-bond donors (Lipinski definition) is 1. The molecule has 118 valence electrons. The second-order valence-corrected chi connectivity index (χ2v) is 4.99. The summed E-state index contributed by atoms with van der Waals surface area (Å²) in [5.41, 5.74) is 2.85. The minimum Gasteiger partial charge on any atom is -0.349 e. The average molecular weight is 451 g/mol. The maximum atomic E-state index is 3.24. The van der Waals surface area contributed by atoms with E-state index >= 15 is 0 Å². The van der Waals surface area contributed by atoms with Gasteiger partial charge in [0.2, 0.25) is 0 Å². The molecule has 1 rings (SSSR count). The van der Waals surface area contributed by atoms with E-state index in [1.807, 2.05) is 12.2 Å². The van der Waals surface area contributed by atoms with Crippen LogP contribution in [0.1, 0.15) is 80.1 Å². The third-order valence-electron chi connectivity index (χ3n) is 2.12. The zero-order valence-electron chi connectivity index (χ0n) is 14.4. The molecule has 3 heteroatoms. The first-order valence-electron chi connectivity index (χ1n) is 7.67. The van der Waals surface area contributed by atoms with E-state index in [2.05, 4.69) is 68.5 Å². The van der Waals surface area contributed by atoms with Crippen LogP contribution in [0.3, 0.4) is 0 Å². The Morgan fingerprint density at radius 3 is 1.30 bits per heavy atom. The molecule has 0 aliphatic carbocycles. The van der Waals surface area contributed by atoms with Crippen LogP contribution in [0.15, 0.2) is 28.7 Å². The molecule has 1 aliphatic rings. The molecule has 1 nitrogen and oxygen atoms in total. The summed E-state index contributed by atoms with van der Waals surface area (Å²) in [5, 5.41) is 2.89. The average Bonchev–Trinajstić information content (AvgIpc) is 2.48. The van der Waals surface area contributed by atoms with E-state index in [9.17, 15) is 0 Å². The minimum absolute atomic E-state index is 0. The van der Waals surface area contributed by atoms with Crippen LogP contribution in [0.2, 0.25) is 0 Å². The SMILES string of the molecule is BrC1=CC=C=CN1.CCCC.CCCC.CCCC.[Sn]. The number of halogens is 1. The Labute approximate surface area is 153 Å². The van der Waals surface area contributed by atoms with Gasteiger partial charge in [-0.2, -0.15) is 0 Å². The molecular weight excluding hydrogens is 417 g/mol. The van der Waals surface area contributed by atoms with Crippen LogP contribution in [-0.4, -0.2) is 23.9 Å². The Kier molecular flexibility index (Phi) is 45.1. The van der Waals surface area contributed by atoms with Gasteiger partial charge in [0, 0.05) is 30.1 Å². The number of unbranched alkanes of at least 4 members (excludes halogenated alkanes) is 3. The van der Waals surface area contributed by atoms with Crippen molar-refractivity contribution < 1.29 is 0 Å². The van der Waals surface area contributed by atoms with Crippen LogP contribution in [0.25, 0.3) is 0 Å². The topological polar surface area (TPSA) is 12.0 Å². The summed E-state index contributed by atoms with van der Waals surface area (Å²) in [6, 6.07) is 0. The van der Waals surface area contributed by atoms with Crippen molar-refractivity contribution in [3.63, 3.8) is 0 Å². The van der Waals surface area contributed by atoms with Crippen LogP contribution in [-0.2, 0) is 0 Å². The van der Waals surface area contributed by atoms with Gasteiger partial charge in [-0.3, -0.25) is 0 Å². The quantitative estimate of drug-likeness (QED) is 0.292. The molecule has 0 aromatic heterocycles. The fraction of sp³-hybridized carbons (Fsp3) is 0.706. The summed E-state index contributed by atoms with van der Waals surface area (Å²) in [4.78, 5) is 0. The smallest absolute Gasteiger partial charge is 0.0830 e. The Morgan fingerprint density at radius 2 is 1.20 bits per heavy atom. The summed E-state index contributed by atoms with van der Waals surface area (Å²) in [6.07, 6.45) is 13.4. The van der Waals surface area contributed by atoms with Crippen molar-refractivity contribution in [3.8, 4) is 0 Å². The van der Waals surface area contributed by atoms with Crippen molar-refractivity contribution in [1.82, 2.24) is 5.32 Å². The number of rotatable bonds is 3. The number of hydrogen-bond acceptors (Lipinski definition) is 1. The molecule has 0 amide bonds. The number of nitrogens with one attached hydrogen (secondary N) is 1. The van der Waals surface area contributed by atoms with E-state index < -0.39 is 0 Å². The van der Waals surface area contributed by atoms with Gasteiger partial charge in [-0.15, -0.1) is 5.73 Å². The first-order valence-corrected chi connectivity index (χ1v) is 8.46. The van der Waals surface area contributed by atoms with Crippen molar-refractivity contribution in [2.45, 2.75) is 80.1 Å². The van der Waals surface area contributed by atoms with E-state index in [4.69, 9.17) is 0 Å². The Hall–Kier alpha value is 0.339. The summed E-state index contributed by atoms with van der Waals surface area (Å²) >= 11 is 3.24. The van der Waals surface area contributed by atoms with E-state index in [0.717, 1.165) is 4.61 Å². The van der Waals surface area contributed by atoms with Gasteiger partial charge in [0.05, 0.1) is 4.61 Å². The molecule has 0 unspecified atom stereocenters. The molecular formula is C17H34BrNSn. The van der Waals surface area contributed by atoms with Crippen LogP contribution in [0.5, 0.6) is 0 Å². The van der Waals surface area contributed by atoms with E-state index in [0.29, 0.717) is 0 Å². The summed E-state index contributed by atoms with van der Waals surface area (Å²) in [7, 11) is 0. The Bertz CT molecular complexity index is 216. The first kappa shape index (κ1) is 28.5. The van der Waals surface area contributed by atoms with Gasteiger partial charge in [0.25, 0.3) is 0 Å². The summed E-state index contributed by atoms with van der Waals surface area (Å²) < 4.78 is 0.978.